The highest BCUT2D eigenvalue weighted by molar-refractivity contribution is 5.75. The minimum atomic E-state index is -0.934. The summed E-state index contributed by atoms with van der Waals surface area (Å²) in [6, 6.07) is 6.46. The molecule has 4 rings (SSSR count). The number of ether oxygens (including phenoxy) is 1. The van der Waals surface area contributed by atoms with E-state index >= 15 is 0 Å². The van der Waals surface area contributed by atoms with Gasteiger partial charge in [-0.15, -0.1) is 6.42 Å². The van der Waals surface area contributed by atoms with Crippen molar-refractivity contribution < 1.29 is 9.84 Å². The lowest BCUT2D eigenvalue weighted by Gasteiger charge is -2.46. The first-order valence-corrected chi connectivity index (χ1v) is 8.62. The molecule has 0 spiro atoms. The molecule has 0 aliphatic heterocycles. The third kappa shape index (κ3) is 1.86. The number of terminal acetylenes is 1. The fourth-order valence-corrected chi connectivity index (χ4v) is 5.28. The maximum absolute atomic E-state index is 10.9. The molecule has 1 N–H and O–H groups in total. The predicted octanol–water partition coefficient (Wildman–Crippen LogP) is 3.97. The molecule has 0 heterocycles. The molecule has 1 saturated carbocycles. The molecule has 1 aromatic carbocycles. The van der Waals surface area contributed by atoms with Crippen LogP contribution in [-0.2, 0) is 6.42 Å². The Morgan fingerprint density at radius 3 is 2.83 bits per heavy atom. The Bertz CT molecular complexity index is 739. The second-order valence-corrected chi connectivity index (χ2v) is 7.54. The first-order valence-electron chi connectivity index (χ1n) is 8.62. The van der Waals surface area contributed by atoms with Crippen LogP contribution in [-0.4, -0.2) is 17.8 Å². The molecular formula is C21H24O2. The zero-order valence-corrected chi connectivity index (χ0v) is 14.0. The van der Waals surface area contributed by atoms with Gasteiger partial charge in [0, 0.05) is 5.41 Å². The van der Waals surface area contributed by atoms with E-state index in [4.69, 9.17) is 11.2 Å². The molecule has 0 bridgehead atoms. The zero-order valence-electron chi connectivity index (χ0n) is 14.0. The number of benzene rings is 1. The molecule has 2 nitrogen and oxygen atoms in total. The second-order valence-electron chi connectivity index (χ2n) is 7.54. The number of fused-ring (bicyclic) bond motifs is 4. The smallest absolute Gasteiger partial charge is 0.131 e. The van der Waals surface area contributed by atoms with E-state index in [1.807, 2.05) is 0 Å². The van der Waals surface area contributed by atoms with Gasteiger partial charge in [0.2, 0.25) is 0 Å². The van der Waals surface area contributed by atoms with Crippen LogP contribution in [0.5, 0.6) is 5.75 Å². The number of aryl methyl sites for hydroxylation is 1. The van der Waals surface area contributed by atoms with E-state index in [1.54, 1.807) is 12.7 Å². The lowest BCUT2D eigenvalue weighted by Crippen LogP contribution is -2.46. The van der Waals surface area contributed by atoms with Gasteiger partial charge in [0.15, 0.2) is 0 Å². The predicted molar refractivity (Wildman–Crippen MR) is 92.1 cm³/mol. The Morgan fingerprint density at radius 1 is 1.26 bits per heavy atom. The second kappa shape index (κ2) is 4.89. The maximum Gasteiger partial charge on any atom is 0.131 e. The van der Waals surface area contributed by atoms with Gasteiger partial charge in [0.05, 0.1) is 7.11 Å². The molecule has 120 valence electrons. The summed E-state index contributed by atoms with van der Waals surface area (Å²) in [6.45, 7) is 2.21. The molecule has 23 heavy (non-hydrogen) atoms. The SMILES string of the molecule is C#C[C@]1(O)CC[C@H]2C3=C(CC[C@@]21C)c1ccc(OC)cc1CC3. The number of aliphatic hydroxyl groups is 1. The summed E-state index contributed by atoms with van der Waals surface area (Å²) in [6.07, 6.45) is 11.6. The van der Waals surface area contributed by atoms with Crippen LogP contribution in [0, 0.1) is 23.7 Å². The summed E-state index contributed by atoms with van der Waals surface area (Å²) in [5.74, 6) is 4.10. The summed E-state index contributed by atoms with van der Waals surface area (Å²) in [5.41, 5.74) is 4.77. The van der Waals surface area contributed by atoms with Crippen LogP contribution < -0.4 is 4.74 Å². The Morgan fingerprint density at radius 2 is 2.09 bits per heavy atom. The van der Waals surface area contributed by atoms with Crippen LogP contribution in [0.2, 0.25) is 0 Å². The molecule has 3 aliphatic carbocycles. The molecular weight excluding hydrogens is 284 g/mol. The van der Waals surface area contributed by atoms with Crippen LogP contribution in [0.25, 0.3) is 5.57 Å². The van der Waals surface area contributed by atoms with Gasteiger partial charge in [-0.25, -0.2) is 0 Å². The molecule has 1 fully saturated rings. The van der Waals surface area contributed by atoms with Crippen molar-refractivity contribution >= 4 is 5.57 Å². The lowest BCUT2D eigenvalue weighted by atomic mass is 9.59. The summed E-state index contributed by atoms with van der Waals surface area (Å²) < 4.78 is 5.37. The molecule has 3 atom stereocenters. The first kappa shape index (κ1) is 14.8. The molecule has 0 radical (unpaired) electrons. The van der Waals surface area contributed by atoms with Gasteiger partial charge in [-0.2, -0.15) is 0 Å². The summed E-state index contributed by atoms with van der Waals surface area (Å²) in [7, 11) is 1.72. The van der Waals surface area contributed by atoms with Gasteiger partial charge < -0.3 is 9.84 Å². The van der Waals surface area contributed by atoms with E-state index in [9.17, 15) is 5.11 Å². The van der Waals surface area contributed by atoms with Crippen LogP contribution >= 0.6 is 0 Å². The molecule has 2 heteroatoms. The molecule has 0 unspecified atom stereocenters. The van der Waals surface area contributed by atoms with Gasteiger partial charge >= 0.3 is 0 Å². The Hall–Kier alpha value is -1.72. The normalized spacial score (nSPS) is 35.1. The van der Waals surface area contributed by atoms with Gasteiger partial charge in [0.1, 0.15) is 11.4 Å². The topological polar surface area (TPSA) is 29.5 Å². The number of hydrogen-bond donors (Lipinski definition) is 1. The highest BCUT2D eigenvalue weighted by atomic mass is 16.5. The van der Waals surface area contributed by atoms with E-state index in [-0.39, 0.29) is 5.41 Å². The Balaban J connectivity index is 1.80. The average molecular weight is 308 g/mol. The van der Waals surface area contributed by atoms with Crippen molar-refractivity contribution in [1.29, 1.82) is 0 Å². The Kier molecular flexibility index (Phi) is 3.15. The van der Waals surface area contributed by atoms with Gasteiger partial charge in [-0.1, -0.05) is 24.5 Å². The van der Waals surface area contributed by atoms with Crippen molar-refractivity contribution in [3.8, 4) is 18.1 Å². The fraction of sp³-hybridized carbons (Fsp3) is 0.524. The molecule has 0 aromatic heterocycles. The van der Waals surface area contributed by atoms with Gasteiger partial charge in [-0.3, -0.25) is 0 Å². The summed E-state index contributed by atoms with van der Waals surface area (Å²) in [4.78, 5) is 0. The first-order chi connectivity index (χ1) is 11.0. The van der Waals surface area contributed by atoms with E-state index in [0.29, 0.717) is 5.92 Å². The Labute approximate surface area is 138 Å². The lowest BCUT2D eigenvalue weighted by molar-refractivity contribution is -0.0217. The number of rotatable bonds is 1. The molecule has 3 aliphatic rings. The minimum absolute atomic E-state index is 0.162. The average Bonchev–Trinajstić information content (AvgIpc) is 2.86. The quantitative estimate of drug-likeness (QED) is 0.796. The van der Waals surface area contributed by atoms with E-state index in [0.717, 1.165) is 44.3 Å². The standard InChI is InChI=1S/C21H24O2/c1-4-21(22)12-10-19-18-7-5-14-13-15(23-3)6-8-16(14)17(18)9-11-20(19,21)2/h1,6,8,13,19,22H,5,7,9-12H2,2-3H3/t19-,20-,21-/m0/s1. The minimum Gasteiger partial charge on any atom is -0.497 e. The van der Waals surface area contributed by atoms with Crippen LogP contribution in [0.4, 0.5) is 0 Å². The monoisotopic (exact) mass is 308 g/mol. The van der Waals surface area contributed by atoms with Crippen molar-refractivity contribution in [3.63, 3.8) is 0 Å². The van der Waals surface area contributed by atoms with Crippen LogP contribution in [0.15, 0.2) is 23.8 Å². The fourth-order valence-electron chi connectivity index (χ4n) is 5.28. The van der Waals surface area contributed by atoms with E-state index in [2.05, 4.69) is 31.0 Å². The van der Waals surface area contributed by atoms with E-state index in [1.165, 1.54) is 16.7 Å². The van der Waals surface area contributed by atoms with Crippen molar-refractivity contribution in [2.24, 2.45) is 11.3 Å². The zero-order chi connectivity index (χ0) is 16.2. The number of methoxy groups -OCH3 is 1. The van der Waals surface area contributed by atoms with E-state index < -0.39 is 5.60 Å². The van der Waals surface area contributed by atoms with Gasteiger partial charge in [-0.05, 0) is 73.3 Å². The highest BCUT2D eigenvalue weighted by Gasteiger charge is 2.58. The van der Waals surface area contributed by atoms with Gasteiger partial charge in [0.25, 0.3) is 0 Å². The molecule has 1 aromatic rings. The number of allylic oxidation sites excluding steroid dienone is 2. The maximum atomic E-state index is 10.9. The molecule has 0 saturated heterocycles. The summed E-state index contributed by atoms with van der Waals surface area (Å²) >= 11 is 0. The van der Waals surface area contributed by atoms with Crippen molar-refractivity contribution in [3.05, 3.63) is 34.9 Å². The number of hydrogen-bond acceptors (Lipinski definition) is 2. The van der Waals surface area contributed by atoms with Crippen LogP contribution in [0.1, 0.15) is 50.2 Å². The highest BCUT2D eigenvalue weighted by Crippen LogP contribution is 2.61. The third-order valence-electron chi connectivity index (χ3n) is 6.75. The van der Waals surface area contributed by atoms with Crippen molar-refractivity contribution in [2.45, 2.75) is 51.0 Å². The van der Waals surface area contributed by atoms with Crippen molar-refractivity contribution in [1.82, 2.24) is 0 Å². The largest absolute Gasteiger partial charge is 0.497 e. The van der Waals surface area contributed by atoms with Crippen molar-refractivity contribution in [2.75, 3.05) is 7.11 Å². The van der Waals surface area contributed by atoms with Crippen LogP contribution in [0.3, 0.4) is 0 Å². The summed E-state index contributed by atoms with van der Waals surface area (Å²) in [5, 5.41) is 10.9. The third-order valence-corrected chi connectivity index (χ3v) is 6.75. The molecule has 0 amide bonds.